The number of nitrogens with zero attached hydrogens (tertiary/aromatic N) is 4. The number of esters is 1. The lowest BCUT2D eigenvalue weighted by Crippen LogP contribution is -2.66. The zero-order chi connectivity index (χ0) is 15.4. The summed E-state index contributed by atoms with van der Waals surface area (Å²) < 4.78 is 4.71. The summed E-state index contributed by atoms with van der Waals surface area (Å²) in [6.45, 7) is 0. The molecule has 8 heteroatoms. The second kappa shape index (κ2) is 6.06. The van der Waals surface area contributed by atoms with Crippen molar-refractivity contribution in [3.8, 4) is 0 Å². The average Bonchev–Trinajstić information content (AvgIpc) is 2.53. The summed E-state index contributed by atoms with van der Waals surface area (Å²) in [5.41, 5.74) is 8.93. The molecule has 8 nitrogen and oxygen atoms in total. The second-order valence-corrected chi connectivity index (χ2v) is 4.36. The third-order valence-corrected chi connectivity index (χ3v) is 3.29. The van der Waals surface area contributed by atoms with Gasteiger partial charge in [0.05, 0.1) is 7.11 Å². The normalized spacial score (nSPS) is 21.8. The number of β-lactam (4-membered cyclic amide) rings is 1. The number of likely N-dealkylation sites (tertiary alicyclic amines) is 1. The molecule has 1 amide bonds. The van der Waals surface area contributed by atoms with Gasteiger partial charge in [0.1, 0.15) is 18.4 Å². The highest BCUT2D eigenvalue weighted by atomic mass is 16.5. The largest absolute Gasteiger partial charge is 0.467 e. The number of methoxy groups -OCH3 is 1. The zero-order valence-electron chi connectivity index (χ0n) is 11.1. The molecule has 0 N–H and O–H groups in total. The van der Waals surface area contributed by atoms with Gasteiger partial charge in [0.2, 0.25) is 5.91 Å². The molecule has 2 rings (SSSR count). The van der Waals surface area contributed by atoms with E-state index >= 15 is 0 Å². The van der Waals surface area contributed by atoms with Gasteiger partial charge >= 0.3 is 5.97 Å². The van der Waals surface area contributed by atoms with Gasteiger partial charge in [-0.3, -0.25) is 4.79 Å². The molecule has 1 aliphatic rings. The molecule has 1 saturated heterocycles. The van der Waals surface area contributed by atoms with Crippen molar-refractivity contribution in [3.63, 3.8) is 0 Å². The lowest BCUT2D eigenvalue weighted by Gasteiger charge is -2.45. The SMILES string of the molecule is COC(=O)C(c1ccccc1)N1C(=O)C(N=[N+]=[N-])C1C=O. The van der Waals surface area contributed by atoms with E-state index in [0.29, 0.717) is 11.8 Å². The molecular weight excluding hydrogens is 276 g/mol. The van der Waals surface area contributed by atoms with Gasteiger partial charge in [0, 0.05) is 4.91 Å². The quantitative estimate of drug-likeness (QED) is 0.201. The molecule has 21 heavy (non-hydrogen) atoms. The molecule has 3 atom stereocenters. The average molecular weight is 288 g/mol. The van der Waals surface area contributed by atoms with Crippen molar-refractivity contribution in [2.45, 2.75) is 18.1 Å². The van der Waals surface area contributed by atoms with Crippen molar-refractivity contribution in [2.24, 2.45) is 5.11 Å². The number of carbonyl (C=O) groups excluding carboxylic acids is 3. The Morgan fingerprint density at radius 2 is 2.14 bits per heavy atom. The lowest BCUT2D eigenvalue weighted by atomic mass is 9.91. The third kappa shape index (κ3) is 2.44. The topological polar surface area (TPSA) is 112 Å². The molecule has 0 radical (unpaired) electrons. The molecule has 3 unspecified atom stereocenters. The van der Waals surface area contributed by atoms with Gasteiger partial charge in [-0.2, -0.15) is 0 Å². The van der Waals surface area contributed by atoms with Crippen molar-refractivity contribution < 1.29 is 19.1 Å². The van der Waals surface area contributed by atoms with Crippen LogP contribution >= 0.6 is 0 Å². The van der Waals surface area contributed by atoms with E-state index in [0.717, 1.165) is 4.90 Å². The first kappa shape index (κ1) is 14.5. The Balaban J connectivity index is 2.39. The first-order chi connectivity index (χ1) is 10.2. The molecule has 108 valence electrons. The maximum atomic E-state index is 12.1. The summed E-state index contributed by atoms with van der Waals surface area (Å²) in [6, 6.07) is 5.35. The molecule has 0 aliphatic carbocycles. The fraction of sp³-hybridized carbons (Fsp3) is 0.308. The van der Waals surface area contributed by atoms with Crippen molar-refractivity contribution in [3.05, 3.63) is 46.3 Å². The van der Waals surface area contributed by atoms with Crippen LogP contribution in [0, 0.1) is 0 Å². The second-order valence-electron chi connectivity index (χ2n) is 4.36. The lowest BCUT2D eigenvalue weighted by molar-refractivity contribution is -0.167. The number of azide groups is 1. The zero-order valence-corrected chi connectivity index (χ0v) is 11.1. The van der Waals surface area contributed by atoms with E-state index < -0.39 is 30.0 Å². The number of aldehydes is 1. The summed E-state index contributed by atoms with van der Waals surface area (Å²) in [5.74, 6) is -1.25. The number of amides is 1. The smallest absolute Gasteiger partial charge is 0.333 e. The van der Waals surface area contributed by atoms with Crippen LogP contribution in [0.4, 0.5) is 0 Å². The van der Waals surface area contributed by atoms with E-state index in [-0.39, 0.29) is 0 Å². The van der Waals surface area contributed by atoms with E-state index in [1.165, 1.54) is 7.11 Å². The highest BCUT2D eigenvalue weighted by Gasteiger charge is 2.52. The molecule has 1 fully saturated rings. The predicted octanol–water partition coefficient (Wildman–Crippen LogP) is 0.989. The summed E-state index contributed by atoms with van der Waals surface area (Å²) in [7, 11) is 1.20. The Labute approximate surface area is 119 Å². The minimum absolute atomic E-state index is 0.486. The summed E-state index contributed by atoms with van der Waals surface area (Å²) in [5, 5.41) is 3.28. The molecule has 1 heterocycles. The molecule has 0 spiro atoms. The number of carbonyl (C=O) groups is 3. The molecule has 0 bridgehead atoms. The van der Waals surface area contributed by atoms with Crippen LogP contribution in [0.15, 0.2) is 35.4 Å². The maximum absolute atomic E-state index is 12.1. The van der Waals surface area contributed by atoms with Gasteiger partial charge in [-0.15, -0.1) is 0 Å². The van der Waals surface area contributed by atoms with Gasteiger partial charge in [-0.25, -0.2) is 4.79 Å². The van der Waals surface area contributed by atoms with Crippen LogP contribution in [0.3, 0.4) is 0 Å². The number of hydrogen-bond donors (Lipinski definition) is 0. The van der Waals surface area contributed by atoms with Crippen LogP contribution in [0.5, 0.6) is 0 Å². The highest BCUT2D eigenvalue weighted by Crippen LogP contribution is 2.33. The Morgan fingerprint density at radius 1 is 1.48 bits per heavy atom. The van der Waals surface area contributed by atoms with Crippen molar-refractivity contribution in [1.29, 1.82) is 0 Å². The minimum atomic E-state index is -1.11. The molecule has 1 aromatic rings. The van der Waals surface area contributed by atoms with Crippen molar-refractivity contribution in [2.75, 3.05) is 7.11 Å². The van der Waals surface area contributed by atoms with Crippen molar-refractivity contribution >= 4 is 18.2 Å². The van der Waals surface area contributed by atoms with Crippen LogP contribution in [-0.2, 0) is 19.1 Å². The Bertz CT molecular complexity index is 612. The predicted molar refractivity (Wildman–Crippen MR) is 70.8 cm³/mol. The monoisotopic (exact) mass is 288 g/mol. The standard InChI is InChI=1S/C13H12N4O4/c1-21-13(20)11(8-5-3-2-4-6-8)17-9(7-18)10(12(17)19)15-16-14/h2-7,9-11H,1H3. The Kier molecular flexibility index (Phi) is 4.20. The number of ether oxygens (including phenoxy) is 1. The molecular formula is C13H12N4O4. The van der Waals surface area contributed by atoms with E-state index in [1.54, 1.807) is 30.3 Å². The van der Waals surface area contributed by atoms with Gasteiger partial charge < -0.3 is 14.4 Å². The first-order valence-electron chi connectivity index (χ1n) is 6.10. The fourth-order valence-corrected chi connectivity index (χ4v) is 2.29. The molecule has 0 aromatic heterocycles. The minimum Gasteiger partial charge on any atom is -0.467 e. The number of hydrogen-bond acceptors (Lipinski definition) is 5. The summed E-state index contributed by atoms with van der Waals surface area (Å²) >= 11 is 0. The van der Waals surface area contributed by atoms with Crippen LogP contribution in [-0.4, -0.2) is 42.3 Å². The molecule has 1 aromatic carbocycles. The number of benzene rings is 1. The van der Waals surface area contributed by atoms with Gasteiger partial charge in [-0.05, 0) is 11.1 Å². The third-order valence-electron chi connectivity index (χ3n) is 3.29. The number of rotatable bonds is 5. The van der Waals surface area contributed by atoms with E-state index in [2.05, 4.69) is 10.0 Å². The van der Waals surface area contributed by atoms with Crippen LogP contribution < -0.4 is 0 Å². The van der Waals surface area contributed by atoms with E-state index in [4.69, 9.17) is 10.3 Å². The molecule has 0 saturated carbocycles. The van der Waals surface area contributed by atoms with Gasteiger partial charge in [0.15, 0.2) is 6.04 Å². The Morgan fingerprint density at radius 3 is 2.67 bits per heavy atom. The van der Waals surface area contributed by atoms with Crippen molar-refractivity contribution in [1.82, 2.24) is 4.90 Å². The Hall–Kier alpha value is -2.86. The van der Waals surface area contributed by atoms with Crippen LogP contribution in [0.25, 0.3) is 10.4 Å². The fourth-order valence-electron chi connectivity index (χ4n) is 2.29. The summed E-state index contributed by atoms with van der Waals surface area (Å²) in [4.78, 5) is 38.8. The van der Waals surface area contributed by atoms with E-state index in [1.807, 2.05) is 0 Å². The van der Waals surface area contributed by atoms with Crippen LogP contribution in [0.2, 0.25) is 0 Å². The van der Waals surface area contributed by atoms with E-state index in [9.17, 15) is 14.4 Å². The highest BCUT2D eigenvalue weighted by molar-refractivity contribution is 5.99. The van der Waals surface area contributed by atoms with Gasteiger partial charge in [-0.1, -0.05) is 35.4 Å². The first-order valence-corrected chi connectivity index (χ1v) is 6.10. The maximum Gasteiger partial charge on any atom is 0.333 e. The molecule has 1 aliphatic heterocycles. The van der Waals surface area contributed by atoms with Gasteiger partial charge in [0.25, 0.3) is 0 Å². The van der Waals surface area contributed by atoms with Crippen LogP contribution in [0.1, 0.15) is 11.6 Å². The summed E-state index contributed by atoms with van der Waals surface area (Å²) in [6.07, 6.45) is 0.486.